The molecule has 1 aromatic carbocycles. The molecule has 0 bridgehead atoms. The van der Waals surface area contributed by atoms with Gasteiger partial charge in [0.25, 0.3) is 0 Å². The molecule has 1 fully saturated rings. The number of tetrazole rings is 1. The number of hydrogen-bond donors (Lipinski definition) is 1. The summed E-state index contributed by atoms with van der Waals surface area (Å²) >= 11 is 1.52. The van der Waals surface area contributed by atoms with E-state index in [0.29, 0.717) is 11.8 Å². The molecule has 106 valence electrons. The first-order valence-corrected chi connectivity index (χ1v) is 7.97. The predicted molar refractivity (Wildman–Crippen MR) is 77.4 cm³/mol. The minimum Gasteiger partial charge on any atom is -0.388 e. The van der Waals surface area contributed by atoms with Gasteiger partial charge in [0.2, 0.25) is 5.16 Å². The Kier molecular flexibility index (Phi) is 4.32. The predicted octanol–water partition coefficient (Wildman–Crippen LogP) is 2.61. The molecule has 5 nitrogen and oxygen atoms in total. The maximum absolute atomic E-state index is 10.2. The van der Waals surface area contributed by atoms with Crippen molar-refractivity contribution in [3.05, 3.63) is 35.9 Å². The van der Waals surface area contributed by atoms with Crippen LogP contribution in [0.1, 0.15) is 43.4 Å². The lowest BCUT2D eigenvalue weighted by Gasteiger charge is -2.13. The first kappa shape index (κ1) is 13.6. The Morgan fingerprint density at radius 3 is 2.75 bits per heavy atom. The van der Waals surface area contributed by atoms with E-state index in [1.165, 1.54) is 24.6 Å². The van der Waals surface area contributed by atoms with E-state index >= 15 is 0 Å². The van der Waals surface area contributed by atoms with Crippen LogP contribution in [0.25, 0.3) is 0 Å². The zero-order chi connectivity index (χ0) is 13.8. The van der Waals surface area contributed by atoms with Crippen LogP contribution >= 0.6 is 11.8 Å². The van der Waals surface area contributed by atoms with Crippen molar-refractivity contribution in [2.75, 3.05) is 5.75 Å². The standard InChI is InChI=1S/C14H18N4OS/c19-13(11-6-2-1-3-7-11)10-20-14-15-16-17-18(14)12-8-4-5-9-12/h1-3,6-7,12-13,19H,4-5,8-10H2. The van der Waals surface area contributed by atoms with E-state index in [2.05, 4.69) is 15.5 Å². The van der Waals surface area contributed by atoms with Crippen LogP contribution in [0.3, 0.4) is 0 Å². The Hall–Kier alpha value is -1.40. The molecule has 20 heavy (non-hydrogen) atoms. The minimum absolute atomic E-state index is 0.432. The number of hydrogen-bond acceptors (Lipinski definition) is 5. The summed E-state index contributed by atoms with van der Waals surface area (Å²) in [5.74, 6) is 0.567. The molecular formula is C14H18N4OS. The number of rotatable bonds is 5. The first-order chi connectivity index (χ1) is 9.84. The third kappa shape index (κ3) is 3.02. The molecule has 3 rings (SSSR count). The molecule has 1 atom stereocenters. The lowest BCUT2D eigenvalue weighted by Crippen LogP contribution is -2.09. The maximum Gasteiger partial charge on any atom is 0.209 e. The van der Waals surface area contributed by atoms with E-state index < -0.39 is 6.10 Å². The lowest BCUT2D eigenvalue weighted by atomic mass is 10.1. The molecule has 1 unspecified atom stereocenters. The maximum atomic E-state index is 10.2. The van der Waals surface area contributed by atoms with Gasteiger partial charge in [-0.15, -0.1) is 5.10 Å². The van der Waals surface area contributed by atoms with E-state index in [0.717, 1.165) is 23.6 Å². The van der Waals surface area contributed by atoms with Gasteiger partial charge in [-0.1, -0.05) is 54.9 Å². The number of nitrogens with zero attached hydrogens (tertiary/aromatic N) is 4. The van der Waals surface area contributed by atoms with Crippen molar-refractivity contribution in [2.45, 2.75) is 43.0 Å². The molecule has 6 heteroatoms. The molecule has 1 heterocycles. The molecule has 0 amide bonds. The quantitative estimate of drug-likeness (QED) is 0.858. The minimum atomic E-state index is -0.491. The third-order valence-corrected chi connectivity index (χ3v) is 4.70. The number of thioether (sulfide) groups is 1. The van der Waals surface area contributed by atoms with E-state index in [1.807, 2.05) is 35.0 Å². The van der Waals surface area contributed by atoms with Crippen molar-refractivity contribution in [3.8, 4) is 0 Å². The van der Waals surface area contributed by atoms with Gasteiger partial charge in [-0.25, -0.2) is 4.68 Å². The summed E-state index contributed by atoms with van der Waals surface area (Å²) in [5.41, 5.74) is 0.930. The highest BCUT2D eigenvalue weighted by Gasteiger charge is 2.22. The summed E-state index contributed by atoms with van der Waals surface area (Å²) in [5, 5.41) is 22.9. The van der Waals surface area contributed by atoms with Crippen LogP contribution in [0.15, 0.2) is 35.5 Å². The van der Waals surface area contributed by atoms with Gasteiger partial charge in [0.1, 0.15) is 0 Å². The number of aliphatic hydroxyl groups excluding tert-OH is 1. The Morgan fingerprint density at radius 1 is 1.25 bits per heavy atom. The van der Waals surface area contributed by atoms with Crippen molar-refractivity contribution in [1.29, 1.82) is 0 Å². The highest BCUT2D eigenvalue weighted by molar-refractivity contribution is 7.99. The second-order valence-electron chi connectivity index (χ2n) is 5.08. The van der Waals surface area contributed by atoms with Gasteiger partial charge < -0.3 is 5.11 Å². The van der Waals surface area contributed by atoms with E-state index in [-0.39, 0.29) is 0 Å². The van der Waals surface area contributed by atoms with Gasteiger partial charge >= 0.3 is 0 Å². The van der Waals surface area contributed by atoms with E-state index in [9.17, 15) is 5.11 Å². The molecule has 1 aliphatic rings. The van der Waals surface area contributed by atoms with Gasteiger partial charge in [0.15, 0.2) is 0 Å². The molecule has 1 N–H and O–H groups in total. The summed E-state index contributed by atoms with van der Waals surface area (Å²) in [6, 6.07) is 10.1. The second-order valence-corrected chi connectivity index (χ2v) is 6.07. The average Bonchev–Trinajstić information content (AvgIpc) is 3.16. The molecule has 0 spiro atoms. The van der Waals surface area contributed by atoms with E-state index in [4.69, 9.17) is 0 Å². The van der Waals surface area contributed by atoms with Crippen molar-refractivity contribution in [2.24, 2.45) is 0 Å². The SMILES string of the molecule is OC(CSc1nnnn1C1CCCC1)c1ccccc1. The fourth-order valence-corrected chi connectivity index (χ4v) is 3.49. The molecule has 1 saturated carbocycles. The van der Waals surface area contributed by atoms with Gasteiger partial charge in [-0.05, 0) is 28.8 Å². The highest BCUT2D eigenvalue weighted by Crippen LogP contribution is 2.32. The third-order valence-electron chi connectivity index (χ3n) is 3.69. The Labute approximate surface area is 122 Å². The number of aliphatic hydroxyl groups is 1. The zero-order valence-corrected chi connectivity index (χ0v) is 12.0. The van der Waals surface area contributed by atoms with Gasteiger partial charge in [-0.2, -0.15) is 0 Å². The molecule has 2 aromatic rings. The molecule has 1 aliphatic carbocycles. The Morgan fingerprint density at radius 2 is 2.00 bits per heavy atom. The highest BCUT2D eigenvalue weighted by atomic mass is 32.2. The number of aromatic nitrogens is 4. The Bertz CT molecular complexity index is 539. The first-order valence-electron chi connectivity index (χ1n) is 6.98. The number of benzene rings is 1. The van der Waals surface area contributed by atoms with E-state index in [1.54, 1.807) is 0 Å². The summed E-state index contributed by atoms with van der Waals surface area (Å²) < 4.78 is 1.93. The molecule has 0 saturated heterocycles. The van der Waals surface area contributed by atoms with Crippen LogP contribution in [0, 0.1) is 0 Å². The topological polar surface area (TPSA) is 63.8 Å². The summed E-state index contributed by atoms with van der Waals surface area (Å²) in [4.78, 5) is 0. The van der Waals surface area contributed by atoms with Crippen molar-refractivity contribution >= 4 is 11.8 Å². The van der Waals surface area contributed by atoms with Crippen molar-refractivity contribution in [1.82, 2.24) is 20.2 Å². The van der Waals surface area contributed by atoms with Crippen LogP contribution in [0.2, 0.25) is 0 Å². The molecule has 1 aromatic heterocycles. The van der Waals surface area contributed by atoms with Gasteiger partial charge in [-0.3, -0.25) is 0 Å². The molecular weight excluding hydrogens is 272 g/mol. The average molecular weight is 290 g/mol. The molecule has 0 aliphatic heterocycles. The summed E-state index contributed by atoms with van der Waals surface area (Å²) in [6.45, 7) is 0. The smallest absolute Gasteiger partial charge is 0.209 e. The second kappa shape index (κ2) is 6.37. The zero-order valence-electron chi connectivity index (χ0n) is 11.2. The summed E-state index contributed by atoms with van der Waals surface area (Å²) in [6.07, 6.45) is 4.32. The normalized spacial score (nSPS) is 17.4. The molecule has 0 radical (unpaired) electrons. The van der Waals surface area contributed by atoms with Crippen molar-refractivity contribution in [3.63, 3.8) is 0 Å². The van der Waals surface area contributed by atoms with Crippen LogP contribution in [0.4, 0.5) is 0 Å². The van der Waals surface area contributed by atoms with Crippen LogP contribution in [0.5, 0.6) is 0 Å². The van der Waals surface area contributed by atoms with Crippen LogP contribution in [-0.4, -0.2) is 31.1 Å². The van der Waals surface area contributed by atoms with Crippen LogP contribution < -0.4 is 0 Å². The fourth-order valence-electron chi connectivity index (χ4n) is 2.58. The lowest BCUT2D eigenvalue weighted by molar-refractivity contribution is 0.204. The van der Waals surface area contributed by atoms with Gasteiger partial charge in [0, 0.05) is 5.75 Å². The van der Waals surface area contributed by atoms with Gasteiger partial charge in [0.05, 0.1) is 12.1 Å². The largest absolute Gasteiger partial charge is 0.388 e. The summed E-state index contributed by atoms with van der Waals surface area (Å²) in [7, 11) is 0. The Balaban J connectivity index is 1.62. The monoisotopic (exact) mass is 290 g/mol. The van der Waals surface area contributed by atoms with Crippen LogP contribution in [-0.2, 0) is 0 Å². The fraction of sp³-hybridized carbons (Fsp3) is 0.500. The van der Waals surface area contributed by atoms with Crippen molar-refractivity contribution < 1.29 is 5.11 Å².